The summed E-state index contributed by atoms with van der Waals surface area (Å²) < 4.78 is 20.7. The van der Waals surface area contributed by atoms with E-state index in [2.05, 4.69) is 5.32 Å². The summed E-state index contributed by atoms with van der Waals surface area (Å²) in [6, 6.07) is 22.1. The normalized spacial score (nSPS) is 11.9. The van der Waals surface area contributed by atoms with Crippen molar-refractivity contribution in [1.82, 2.24) is 10.3 Å². The predicted molar refractivity (Wildman–Crippen MR) is 133 cm³/mol. The van der Waals surface area contributed by atoms with Crippen LogP contribution >= 0.6 is 22.6 Å². The first-order chi connectivity index (χ1) is 15.5. The van der Waals surface area contributed by atoms with E-state index < -0.39 is 5.82 Å². The number of halogens is 2. The van der Waals surface area contributed by atoms with Gasteiger partial charge in [-0.2, -0.15) is 0 Å². The Morgan fingerprint density at radius 2 is 1.75 bits per heavy atom. The van der Waals surface area contributed by atoms with Crippen LogP contribution in [0.1, 0.15) is 35.3 Å². The molecule has 1 amide bonds. The molecule has 0 aliphatic carbocycles. The second-order valence-electron chi connectivity index (χ2n) is 7.36. The number of benzene rings is 3. The van der Waals surface area contributed by atoms with Crippen molar-refractivity contribution in [2.75, 3.05) is 7.11 Å². The molecule has 1 aromatic heterocycles. The number of aromatic nitrogens is 1. The Morgan fingerprint density at radius 3 is 2.38 bits per heavy atom. The van der Waals surface area contributed by atoms with Gasteiger partial charge in [0.25, 0.3) is 5.91 Å². The van der Waals surface area contributed by atoms with E-state index in [-0.39, 0.29) is 17.5 Å². The van der Waals surface area contributed by atoms with Crippen LogP contribution < -0.4 is 10.1 Å². The van der Waals surface area contributed by atoms with E-state index >= 15 is 0 Å². The van der Waals surface area contributed by atoms with Gasteiger partial charge in [0.2, 0.25) is 0 Å². The number of carbonyl (C=O) groups excluding carboxylic acids is 1. The summed E-state index contributed by atoms with van der Waals surface area (Å²) >= 11 is 1.93. The second-order valence-corrected chi connectivity index (χ2v) is 8.53. The van der Waals surface area contributed by atoms with E-state index in [9.17, 15) is 9.18 Å². The lowest BCUT2D eigenvalue weighted by atomic mass is 10.00. The van der Waals surface area contributed by atoms with E-state index in [1.54, 1.807) is 6.07 Å². The Morgan fingerprint density at radius 1 is 1.09 bits per heavy atom. The van der Waals surface area contributed by atoms with Crippen molar-refractivity contribution < 1.29 is 13.9 Å². The number of nitrogens with zero attached hydrogens (tertiary/aromatic N) is 1. The molecule has 1 heterocycles. The SMILES string of the molecule is CC[C@H](NC(=O)c1c(OC)c(-c2ccccc2)nc2cc(I)c(F)cc12)c1ccccc1. The fourth-order valence-corrected chi connectivity index (χ4v) is 4.24. The Hall–Kier alpha value is -3.00. The molecule has 0 saturated heterocycles. The summed E-state index contributed by atoms with van der Waals surface area (Å²) in [6.45, 7) is 2.01. The number of rotatable bonds is 6. The number of hydrogen-bond acceptors (Lipinski definition) is 3. The van der Waals surface area contributed by atoms with E-state index in [0.717, 1.165) is 11.1 Å². The first-order valence-corrected chi connectivity index (χ1v) is 11.4. The number of hydrogen-bond donors (Lipinski definition) is 1. The molecule has 3 aromatic carbocycles. The van der Waals surface area contributed by atoms with Crippen molar-refractivity contribution in [2.24, 2.45) is 0 Å². The molecule has 4 rings (SSSR count). The lowest BCUT2D eigenvalue weighted by Gasteiger charge is -2.21. The van der Waals surface area contributed by atoms with Crippen LogP contribution in [0.4, 0.5) is 4.39 Å². The summed E-state index contributed by atoms with van der Waals surface area (Å²) in [5.41, 5.74) is 3.18. The third-order valence-electron chi connectivity index (χ3n) is 5.38. The van der Waals surface area contributed by atoms with E-state index in [0.29, 0.717) is 32.3 Å². The fraction of sp³-hybridized carbons (Fsp3) is 0.154. The number of amides is 1. The molecule has 4 aromatic rings. The largest absolute Gasteiger partial charge is 0.494 e. The van der Waals surface area contributed by atoms with Crippen molar-refractivity contribution in [3.05, 3.63) is 93.3 Å². The molecule has 4 nitrogen and oxygen atoms in total. The molecule has 0 fully saturated rings. The highest BCUT2D eigenvalue weighted by Crippen LogP contribution is 2.37. The van der Waals surface area contributed by atoms with Gasteiger partial charge < -0.3 is 10.1 Å². The monoisotopic (exact) mass is 540 g/mol. The zero-order valence-corrected chi connectivity index (χ0v) is 19.9. The van der Waals surface area contributed by atoms with Gasteiger partial charge >= 0.3 is 0 Å². The fourth-order valence-electron chi connectivity index (χ4n) is 3.79. The van der Waals surface area contributed by atoms with Crippen LogP contribution in [0.2, 0.25) is 0 Å². The third-order valence-corrected chi connectivity index (χ3v) is 6.20. The third kappa shape index (κ3) is 4.32. The van der Waals surface area contributed by atoms with Gasteiger partial charge in [-0.1, -0.05) is 67.6 Å². The minimum atomic E-state index is -0.404. The molecule has 0 saturated carbocycles. The minimum absolute atomic E-state index is 0.189. The van der Waals surface area contributed by atoms with Crippen LogP contribution in [0, 0.1) is 9.39 Å². The summed E-state index contributed by atoms with van der Waals surface area (Å²) in [7, 11) is 1.50. The van der Waals surface area contributed by atoms with E-state index in [1.165, 1.54) is 13.2 Å². The van der Waals surface area contributed by atoms with Gasteiger partial charge in [0, 0.05) is 10.9 Å². The zero-order chi connectivity index (χ0) is 22.7. The summed E-state index contributed by atoms with van der Waals surface area (Å²) in [5.74, 6) is -0.411. The Balaban J connectivity index is 1.91. The summed E-state index contributed by atoms with van der Waals surface area (Å²) in [6.07, 6.45) is 0.707. The van der Waals surface area contributed by atoms with Crippen LogP contribution in [0.5, 0.6) is 5.75 Å². The van der Waals surface area contributed by atoms with Gasteiger partial charge in [-0.15, -0.1) is 0 Å². The molecule has 0 spiro atoms. The molecule has 32 heavy (non-hydrogen) atoms. The topological polar surface area (TPSA) is 51.2 Å². The highest BCUT2D eigenvalue weighted by Gasteiger charge is 2.25. The zero-order valence-electron chi connectivity index (χ0n) is 17.7. The van der Waals surface area contributed by atoms with Crippen LogP contribution in [-0.2, 0) is 0 Å². The molecular formula is C26H22FIN2O2. The van der Waals surface area contributed by atoms with Crippen molar-refractivity contribution in [2.45, 2.75) is 19.4 Å². The minimum Gasteiger partial charge on any atom is -0.494 e. The van der Waals surface area contributed by atoms with Crippen molar-refractivity contribution >= 4 is 39.4 Å². The van der Waals surface area contributed by atoms with Crippen LogP contribution in [-0.4, -0.2) is 18.0 Å². The van der Waals surface area contributed by atoms with Crippen LogP contribution in [0.15, 0.2) is 72.8 Å². The molecule has 1 atom stereocenters. The van der Waals surface area contributed by atoms with Crippen molar-refractivity contribution in [3.63, 3.8) is 0 Å². The number of pyridine rings is 1. The highest BCUT2D eigenvalue weighted by atomic mass is 127. The summed E-state index contributed by atoms with van der Waals surface area (Å²) in [4.78, 5) is 18.4. The second kappa shape index (κ2) is 9.65. The lowest BCUT2D eigenvalue weighted by molar-refractivity contribution is 0.0934. The maximum Gasteiger partial charge on any atom is 0.256 e. The molecule has 6 heteroatoms. The van der Waals surface area contributed by atoms with Crippen LogP contribution in [0.3, 0.4) is 0 Å². The number of ether oxygens (including phenoxy) is 1. The van der Waals surface area contributed by atoms with Crippen molar-refractivity contribution in [3.8, 4) is 17.0 Å². The quantitative estimate of drug-likeness (QED) is 0.283. The Bertz CT molecular complexity index is 1260. The van der Waals surface area contributed by atoms with Gasteiger partial charge in [-0.25, -0.2) is 9.37 Å². The maximum absolute atomic E-state index is 14.5. The summed E-state index contributed by atoms with van der Waals surface area (Å²) in [5, 5.41) is 3.52. The van der Waals surface area contributed by atoms with Crippen molar-refractivity contribution in [1.29, 1.82) is 0 Å². The number of nitrogens with one attached hydrogen (secondary N) is 1. The molecule has 0 aliphatic heterocycles. The van der Waals surface area contributed by atoms with E-state index in [1.807, 2.05) is 90.2 Å². The van der Waals surface area contributed by atoms with Gasteiger partial charge in [0.05, 0.1) is 27.8 Å². The predicted octanol–water partition coefficient (Wildman–Crippen LogP) is 6.54. The smallest absolute Gasteiger partial charge is 0.256 e. The molecule has 0 aliphatic rings. The highest BCUT2D eigenvalue weighted by molar-refractivity contribution is 14.1. The van der Waals surface area contributed by atoms with Gasteiger partial charge in [-0.05, 0) is 46.7 Å². The average molecular weight is 540 g/mol. The lowest BCUT2D eigenvalue weighted by Crippen LogP contribution is -2.29. The number of methoxy groups -OCH3 is 1. The van der Waals surface area contributed by atoms with Gasteiger partial charge in [0.15, 0.2) is 5.75 Å². The first kappa shape index (κ1) is 22.2. The standard InChI is InChI=1S/C26H22FIN2O2/c1-3-21(16-10-6-4-7-11-16)30-26(31)23-18-14-19(27)20(28)15-22(18)29-24(25(23)32-2)17-12-8-5-9-13-17/h4-15,21H,3H2,1-2H3,(H,30,31)/t21-/m0/s1. The van der Waals surface area contributed by atoms with Gasteiger partial charge in [-0.3, -0.25) is 4.79 Å². The van der Waals surface area contributed by atoms with Gasteiger partial charge in [0.1, 0.15) is 11.5 Å². The Kier molecular flexibility index (Phi) is 6.69. The molecule has 0 bridgehead atoms. The van der Waals surface area contributed by atoms with E-state index in [4.69, 9.17) is 9.72 Å². The first-order valence-electron chi connectivity index (χ1n) is 10.3. The molecular weight excluding hydrogens is 518 g/mol. The molecule has 0 unspecified atom stereocenters. The molecule has 162 valence electrons. The van der Waals surface area contributed by atoms with Crippen LogP contribution in [0.25, 0.3) is 22.2 Å². The maximum atomic E-state index is 14.5. The number of fused-ring (bicyclic) bond motifs is 1. The molecule has 0 radical (unpaired) electrons. The number of carbonyl (C=O) groups is 1. The Labute approximate surface area is 200 Å². The molecule has 1 N–H and O–H groups in total. The average Bonchev–Trinajstić information content (AvgIpc) is 2.83.